The van der Waals surface area contributed by atoms with Gasteiger partial charge in [0.05, 0.1) is 0 Å². The largest absolute Gasteiger partial charge is 0.477 e. The predicted octanol–water partition coefficient (Wildman–Crippen LogP) is 4.85. The topological polar surface area (TPSA) is 50.2 Å². The number of carbonyl (C=O) groups is 1. The zero-order valence-corrected chi connectivity index (χ0v) is 12.7. The number of nitrogens with zero attached hydrogens (tertiary/aromatic N) is 1. The Hall–Kier alpha value is -1.72. The van der Waals surface area contributed by atoms with E-state index in [-0.39, 0.29) is 0 Å². The van der Waals surface area contributed by atoms with Gasteiger partial charge in [0.25, 0.3) is 0 Å². The van der Waals surface area contributed by atoms with Gasteiger partial charge in [-0.05, 0) is 29.5 Å². The van der Waals surface area contributed by atoms with Gasteiger partial charge >= 0.3 is 5.97 Å². The molecule has 102 valence electrons. The molecule has 0 radical (unpaired) electrons. The van der Waals surface area contributed by atoms with Gasteiger partial charge in [0, 0.05) is 21.5 Å². The Balaban J connectivity index is 2.31. The number of aromatic nitrogens is 1. The summed E-state index contributed by atoms with van der Waals surface area (Å²) in [5, 5.41) is 12.3. The van der Waals surface area contributed by atoms with Gasteiger partial charge < -0.3 is 5.11 Å². The molecule has 3 aromatic heterocycles. The maximum atomic E-state index is 11.5. The van der Waals surface area contributed by atoms with Gasteiger partial charge in [-0.1, -0.05) is 19.9 Å². The summed E-state index contributed by atoms with van der Waals surface area (Å²) in [7, 11) is 0. The average molecular weight is 303 g/mol. The fraction of sp³-hybridized carbons (Fsp3) is 0.200. The SMILES string of the molecule is CC(C)c1ccc2c(-c3cccs3)c(C(=O)O)sc2n1. The van der Waals surface area contributed by atoms with Crippen molar-refractivity contribution in [2.24, 2.45) is 0 Å². The van der Waals surface area contributed by atoms with E-state index in [0.717, 1.165) is 26.4 Å². The molecule has 0 fully saturated rings. The molecule has 3 heterocycles. The molecule has 0 unspecified atom stereocenters. The third-order valence-electron chi connectivity index (χ3n) is 3.13. The molecule has 0 aliphatic carbocycles. The summed E-state index contributed by atoms with van der Waals surface area (Å²) in [6.45, 7) is 4.17. The van der Waals surface area contributed by atoms with Crippen molar-refractivity contribution in [1.82, 2.24) is 4.98 Å². The molecule has 0 saturated heterocycles. The third kappa shape index (κ3) is 2.13. The molecule has 0 spiro atoms. The van der Waals surface area contributed by atoms with Crippen LogP contribution in [0.5, 0.6) is 0 Å². The first kappa shape index (κ1) is 13.3. The molecule has 3 rings (SSSR count). The molecule has 0 bridgehead atoms. The lowest BCUT2D eigenvalue weighted by molar-refractivity contribution is 0.0703. The molecule has 3 nitrogen and oxygen atoms in total. The van der Waals surface area contributed by atoms with Gasteiger partial charge in [-0.25, -0.2) is 9.78 Å². The highest BCUT2D eigenvalue weighted by molar-refractivity contribution is 7.22. The molecule has 0 aliphatic rings. The van der Waals surface area contributed by atoms with Crippen LogP contribution in [0.3, 0.4) is 0 Å². The lowest BCUT2D eigenvalue weighted by Crippen LogP contribution is -1.93. The van der Waals surface area contributed by atoms with Gasteiger partial charge in [0.15, 0.2) is 0 Å². The van der Waals surface area contributed by atoms with Gasteiger partial charge in [0.1, 0.15) is 9.71 Å². The van der Waals surface area contributed by atoms with E-state index in [1.54, 1.807) is 11.3 Å². The van der Waals surface area contributed by atoms with Crippen molar-refractivity contribution in [2.75, 3.05) is 0 Å². The lowest BCUT2D eigenvalue weighted by atomic mass is 10.1. The Labute approximate surface area is 124 Å². The van der Waals surface area contributed by atoms with Crippen molar-refractivity contribution in [3.8, 4) is 10.4 Å². The number of fused-ring (bicyclic) bond motifs is 1. The van der Waals surface area contributed by atoms with E-state index < -0.39 is 5.97 Å². The zero-order chi connectivity index (χ0) is 14.3. The number of pyridine rings is 1. The molecule has 0 aliphatic heterocycles. The van der Waals surface area contributed by atoms with Crippen LogP contribution in [-0.2, 0) is 0 Å². The van der Waals surface area contributed by atoms with Gasteiger partial charge in [-0.15, -0.1) is 22.7 Å². The minimum atomic E-state index is -0.887. The first-order valence-corrected chi connectivity index (χ1v) is 7.98. The Morgan fingerprint density at radius 1 is 1.30 bits per heavy atom. The van der Waals surface area contributed by atoms with Crippen LogP contribution in [0.4, 0.5) is 0 Å². The van der Waals surface area contributed by atoms with E-state index in [0.29, 0.717) is 10.8 Å². The fourth-order valence-electron chi connectivity index (χ4n) is 2.13. The van der Waals surface area contributed by atoms with Crippen LogP contribution < -0.4 is 0 Å². The Morgan fingerprint density at radius 2 is 2.10 bits per heavy atom. The summed E-state index contributed by atoms with van der Waals surface area (Å²) in [6.07, 6.45) is 0. The van der Waals surface area contributed by atoms with Crippen LogP contribution in [0.25, 0.3) is 20.7 Å². The summed E-state index contributed by atoms with van der Waals surface area (Å²) in [5.74, 6) is -0.553. The van der Waals surface area contributed by atoms with Crippen molar-refractivity contribution in [2.45, 2.75) is 19.8 Å². The monoisotopic (exact) mass is 303 g/mol. The second-order valence-corrected chi connectivity index (χ2v) is 6.78. The van der Waals surface area contributed by atoms with E-state index in [4.69, 9.17) is 0 Å². The average Bonchev–Trinajstić information content (AvgIpc) is 3.03. The van der Waals surface area contributed by atoms with Crippen LogP contribution >= 0.6 is 22.7 Å². The Kier molecular flexibility index (Phi) is 3.31. The molecule has 0 saturated carbocycles. The number of thiophene rings is 2. The second-order valence-electron chi connectivity index (χ2n) is 4.83. The van der Waals surface area contributed by atoms with Crippen molar-refractivity contribution >= 4 is 38.9 Å². The normalized spacial score (nSPS) is 11.3. The van der Waals surface area contributed by atoms with E-state index >= 15 is 0 Å². The van der Waals surface area contributed by atoms with Crippen LogP contribution in [0.2, 0.25) is 0 Å². The van der Waals surface area contributed by atoms with Crippen molar-refractivity contribution < 1.29 is 9.90 Å². The molecular formula is C15H13NO2S2. The van der Waals surface area contributed by atoms with Gasteiger partial charge in [-0.3, -0.25) is 0 Å². The third-order valence-corrected chi connectivity index (χ3v) is 5.11. The number of carboxylic acid groups (broad SMARTS) is 1. The standard InChI is InChI=1S/C15H13NO2S2/c1-8(2)10-6-5-9-12(11-4-3-7-19-11)13(15(17)18)20-14(9)16-10/h3-8H,1-2H3,(H,17,18). The summed E-state index contributed by atoms with van der Waals surface area (Å²) in [5.41, 5.74) is 1.80. The van der Waals surface area contributed by atoms with E-state index in [9.17, 15) is 9.90 Å². The summed E-state index contributed by atoms with van der Waals surface area (Å²) in [4.78, 5) is 18.3. The van der Waals surface area contributed by atoms with Crippen LogP contribution in [0.1, 0.15) is 35.1 Å². The number of hydrogen-bond acceptors (Lipinski definition) is 4. The molecule has 20 heavy (non-hydrogen) atoms. The number of carboxylic acids is 1. The number of aromatic carboxylic acids is 1. The Morgan fingerprint density at radius 3 is 2.70 bits per heavy atom. The predicted molar refractivity (Wildman–Crippen MR) is 84.0 cm³/mol. The van der Waals surface area contributed by atoms with E-state index in [2.05, 4.69) is 18.8 Å². The first-order chi connectivity index (χ1) is 9.58. The maximum absolute atomic E-state index is 11.5. The minimum Gasteiger partial charge on any atom is -0.477 e. The van der Waals surface area contributed by atoms with Gasteiger partial charge in [-0.2, -0.15) is 0 Å². The molecule has 0 amide bonds. The molecule has 0 aromatic carbocycles. The fourth-order valence-corrected chi connectivity index (χ4v) is 4.02. The van der Waals surface area contributed by atoms with Crippen LogP contribution in [0, 0.1) is 0 Å². The Bertz CT molecular complexity index is 773. The van der Waals surface area contributed by atoms with Crippen LogP contribution in [0.15, 0.2) is 29.6 Å². The smallest absolute Gasteiger partial charge is 0.346 e. The molecule has 0 atom stereocenters. The lowest BCUT2D eigenvalue weighted by Gasteiger charge is -2.03. The highest BCUT2D eigenvalue weighted by atomic mass is 32.1. The molecule has 5 heteroatoms. The first-order valence-electron chi connectivity index (χ1n) is 6.28. The van der Waals surface area contributed by atoms with Crippen molar-refractivity contribution in [1.29, 1.82) is 0 Å². The van der Waals surface area contributed by atoms with Crippen molar-refractivity contribution in [3.63, 3.8) is 0 Å². The summed E-state index contributed by atoms with van der Waals surface area (Å²) < 4.78 is 0. The second kappa shape index (κ2) is 5.00. The summed E-state index contributed by atoms with van der Waals surface area (Å²) >= 11 is 2.81. The van der Waals surface area contributed by atoms with Crippen LogP contribution in [-0.4, -0.2) is 16.1 Å². The van der Waals surface area contributed by atoms with E-state index in [1.165, 1.54) is 11.3 Å². The maximum Gasteiger partial charge on any atom is 0.346 e. The van der Waals surface area contributed by atoms with Crippen molar-refractivity contribution in [3.05, 3.63) is 40.2 Å². The van der Waals surface area contributed by atoms with E-state index in [1.807, 2.05) is 29.6 Å². The zero-order valence-electron chi connectivity index (χ0n) is 11.1. The minimum absolute atomic E-state index is 0.333. The molecule has 1 N–H and O–H groups in total. The summed E-state index contributed by atoms with van der Waals surface area (Å²) in [6, 6.07) is 7.87. The molecular weight excluding hydrogens is 290 g/mol. The number of rotatable bonds is 3. The highest BCUT2D eigenvalue weighted by Gasteiger charge is 2.21. The quantitative estimate of drug-likeness (QED) is 0.752. The molecule has 3 aromatic rings. The van der Waals surface area contributed by atoms with Gasteiger partial charge in [0.2, 0.25) is 0 Å². The highest BCUT2D eigenvalue weighted by Crippen LogP contribution is 2.40. The number of hydrogen-bond donors (Lipinski definition) is 1.